The molecule has 0 aliphatic carbocycles. The van der Waals surface area contributed by atoms with Gasteiger partial charge in [0.15, 0.2) is 0 Å². The summed E-state index contributed by atoms with van der Waals surface area (Å²) in [6, 6.07) is 23.1. The van der Waals surface area contributed by atoms with Crippen molar-refractivity contribution in [2.75, 3.05) is 18.7 Å². The molecule has 0 fully saturated rings. The number of benzene rings is 2. The summed E-state index contributed by atoms with van der Waals surface area (Å²) in [7, 11) is 0. The van der Waals surface area contributed by atoms with Gasteiger partial charge >= 0.3 is 184 Å². The minimum atomic E-state index is -0.373. The molecular weight excluding hydrogens is 850 g/mol. The van der Waals surface area contributed by atoms with Gasteiger partial charge in [0.05, 0.1) is 29.4 Å². The van der Waals surface area contributed by atoms with E-state index >= 15 is 0 Å². The summed E-state index contributed by atoms with van der Waals surface area (Å²) in [6.07, 6.45) is 4.82. The van der Waals surface area contributed by atoms with Gasteiger partial charge in [0.2, 0.25) is 0 Å². The number of carbonyl (C=O) groups is 1. The predicted octanol–water partition coefficient (Wildman–Crippen LogP) is 8.17. The molecule has 0 unspecified atom stereocenters. The molecule has 6 heterocycles. The molecule has 2 N–H and O–H groups in total. The van der Waals surface area contributed by atoms with Crippen molar-refractivity contribution in [3.8, 4) is 5.69 Å². The van der Waals surface area contributed by atoms with Crippen molar-refractivity contribution in [3.05, 3.63) is 147 Å². The zero-order valence-electron chi connectivity index (χ0n) is 33.2. The number of rotatable bonds is 11. The van der Waals surface area contributed by atoms with E-state index in [1.165, 1.54) is 0 Å². The monoisotopic (exact) mass is 893 g/mol. The molecule has 4 aromatic heterocycles. The third-order valence-corrected chi connectivity index (χ3v) is 13.3. The Bertz CT molecular complexity index is 2960. The van der Waals surface area contributed by atoms with Crippen LogP contribution in [0.4, 0.5) is 5.69 Å². The molecule has 2 aliphatic rings. The first-order valence-electron chi connectivity index (χ1n) is 19.1. The van der Waals surface area contributed by atoms with Crippen molar-refractivity contribution in [1.82, 2.24) is 23.5 Å². The maximum Gasteiger partial charge on any atom is 2.00 e. The third-order valence-electron chi connectivity index (χ3n) is 11.0. The number of hydrogen-bond donors (Lipinski definition) is 2. The third kappa shape index (κ3) is 7.95. The van der Waals surface area contributed by atoms with Crippen LogP contribution in [0, 0.1) is 13.8 Å². The number of aryl methyl sites for hydroxylation is 3. The normalized spacial score (nSPS) is 12.6. The maximum absolute atomic E-state index is 13.5. The molecule has 0 atom stereocenters. The van der Waals surface area contributed by atoms with Gasteiger partial charge in [-0.1, -0.05) is 49.1 Å². The number of fused-ring (bicyclic) bond motifs is 9. The van der Waals surface area contributed by atoms with Gasteiger partial charge in [0, 0.05) is 5.57 Å². The molecule has 0 spiro atoms. The zero-order valence-corrected chi connectivity index (χ0v) is 35.9. The Morgan fingerprint density at radius 2 is 1.49 bits per heavy atom. The van der Waals surface area contributed by atoms with Crippen molar-refractivity contribution in [2.45, 2.75) is 47.0 Å². The van der Waals surface area contributed by atoms with Crippen LogP contribution in [0.2, 0.25) is 0 Å². The van der Waals surface area contributed by atoms with E-state index in [2.05, 4.69) is 18.5 Å². The Morgan fingerprint density at radius 3 is 2.22 bits per heavy atom. The van der Waals surface area contributed by atoms with E-state index in [9.17, 15) is 14.7 Å². The molecule has 2 aromatic carbocycles. The van der Waals surface area contributed by atoms with E-state index in [1.807, 2.05) is 113 Å². The van der Waals surface area contributed by atoms with Gasteiger partial charge in [-0.3, -0.25) is 0 Å². The number of carbonyl (C=O) groups excluding carboxylic acids is 1. The second-order valence-corrected chi connectivity index (χ2v) is 16.4. The summed E-state index contributed by atoms with van der Waals surface area (Å²) in [5.41, 5.74) is 15.2. The van der Waals surface area contributed by atoms with Crippen LogP contribution in [0.3, 0.4) is 0 Å². The topological polar surface area (TPSA) is 135 Å². The molecule has 8 rings (SSSR count). The molecular formula is C47H42CoN6O4Se. The number of nitrogens with one attached hydrogen (secondary N) is 1. The number of allylic oxidation sites excluding steroid dienone is 4. The molecule has 1 radical (unpaired) electrons. The van der Waals surface area contributed by atoms with E-state index in [1.54, 1.807) is 3.56 Å². The second kappa shape index (κ2) is 17.3. The van der Waals surface area contributed by atoms with Crippen molar-refractivity contribution >= 4 is 86.4 Å². The van der Waals surface area contributed by atoms with E-state index in [0.29, 0.717) is 30.7 Å². The standard InChI is InChI=1S/C47H43N6O4Se.Co/c1-7-32-26(3)37-21-38-29(6)35(19-20-57-25-54)44(51-38)24-43-34(28(5)40(52-43)23-42-33(8-2)27(4)39(50-42)22-41(32)49-37)17-18-46(55)48-30-13-15-31(16-14-30)53-47(56)36-11-9-10-12-45(36)58-53;/h7-16,21-24,54H,1-2,17-20,25H2,3-6H3,(H2-,48,49,50,51,52,55);/q-1;+2/p-1. The van der Waals surface area contributed by atoms with Crippen LogP contribution in [0.5, 0.6) is 0 Å². The van der Waals surface area contributed by atoms with Crippen molar-refractivity contribution in [2.24, 2.45) is 0 Å². The maximum atomic E-state index is 13.5. The summed E-state index contributed by atoms with van der Waals surface area (Å²) >= 11 is -0.140. The summed E-state index contributed by atoms with van der Waals surface area (Å²) < 4.78 is 8.24. The number of anilines is 1. The minimum Gasteiger partial charge on any atom is -0.371 e. The van der Waals surface area contributed by atoms with Gasteiger partial charge in [0.25, 0.3) is 0 Å². The minimum absolute atomic E-state index is 0. The fourth-order valence-corrected chi connectivity index (χ4v) is 9.77. The molecule has 2 aliphatic heterocycles. The summed E-state index contributed by atoms with van der Waals surface area (Å²) in [6.45, 7) is 16.3. The Hall–Kier alpha value is -5.59. The van der Waals surface area contributed by atoms with Crippen LogP contribution >= 0.6 is 0 Å². The Balaban J connectivity index is 0.00000528. The van der Waals surface area contributed by atoms with Crippen molar-refractivity contribution in [3.63, 3.8) is 0 Å². The molecule has 1 amide bonds. The average Bonchev–Trinajstić information content (AvgIpc) is 3.97. The second-order valence-electron chi connectivity index (χ2n) is 14.4. The molecule has 6 aromatic rings. The van der Waals surface area contributed by atoms with Gasteiger partial charge in [-0.15, -0.1) is 11.0 Å². The molecule has 0 saturated carbocycles. The molecule has 299 valence electrons. The van der Waals surface area contributed by atoms with E-state index < -0.39 is 0 Å². The Kier molecular flexibility index (Phi) is 12.2. The van der Waals surface area contributed by atoms with Crippen LogP contribution in [0.15, 0.2) is 96.8 Å². The number of nitrogens with zero attached hydrogens (tertiary/aromatic N) is 5. The smallest absolute Gasteiger partial charge is 0.371 e. The van der Waals surface area contributed by atoms with Crippen LogP contribution < -0.4 is 20.8 Å². The predicted molar refractivity (Wildman–Crippen MR) is 235 cm³/mol. The summed E-state index contributed by atoms with van der Waals surface area (Å²) in [5, 5.41) is 13.2. The first-order chi connectivity index (χ1) is 28.1. The van der Waals surface area contributed by atoms with Crippen LogP contribution in [0.25, 0.3) is 65.8 Å². The van der Waals surface area contributed by atoms with Crippen LogP contribution in [0.1, 0.15) is 71.7 Å². The van der Waals surface area contributed by atoms with E-state index in [-0.39, 0.29) is 56.2 Å². The number of aliphatic hydroxyl groups is 1. The number of hydrogen-bond acceptors (Lipinski definition) is 6. The average molecular weight is 893 g/mol. The SMILES string of the molecule is C=CC1=C(C)c2cc3[n-]c(cc4nc(cc5[n-]c(cc1n2)c(C)c5CCC(=O)Nc1ccc(-n2[se]c5ccccc5c2=O)cc1)C(CCOCO)=C4C)c(C)c3C=C.[Co+2]. The molecule has 10 nitrogen and oxygen atoms in total. The van der Waals surface area contributed by atoms with Crippen LogP contribution in [-0.4, -0.2) is 52.7 Å². The van der Waals surface area contributed by atoms with Crippen molar-refractivity contribution < 1.29 is 31.4 Å². The quantitative estimate of drug-likeness (QED) is 0.0757. The van der Waals surface area contributed by atoms with Gasteiger partial charge < -0.3 is 14.8 Å². The molecule has 8 bridgehead atoms. The fraction of sp³-hybridized carbons (Fsp3) is 0.191. The molecule has 59 heavy (non-hydrogen) atoms. The van der Waals surface area contributed by atoms with Gasteiger partial charge in [0.1, 0.15) is 6.79 Å². The Labute approximate surface area is 358 Å². The largest absolute Gasteiger partial charge is 2.00 e. The van der Waals surface area contributed by atoms with E-state index in [0.717, 1.165) is 99.2 Å². The van der Waals surface area contributed by atoms with Crippen molar-refractivity contribution in [1.29, 1.82) is 0 Å². The number of amides is 1. The molecule has 12 heteroatoms. The Morgan fingerprint density at radius 1 is 0.831 bits per heavy atom. The van der Waals surface area contributed by atoms with Gasteiger partial charge in [-0.25, -0.2) is 9.97 Å². The van der Waals surface area contributed by atoms with Gasteiger partial charge in [-0.2, -0.15) is 0 Å². The zero-order chi connectivity index (χ0) is 40.7. The summed E-state index contributed by atoms with van der Waals surface area (Å²) in [4.78, 5) is 46.9. The fourth-order valence-electron chi connectivity index (χ4n) is 7.67. The number of ether oxygens (including phenoxy) is 1. The van der Waals surface area contributed by atoms with E-state index in [4.69, 9.17) is 24.7 Å². The number of aromatic nitrogens is 5. The molecule has 0 saturated heterocycles. The number of aliphatic hydroxyl groups excluding tert-OH is 1. The first-order valence-corrected chi connectivity index (χ1v) is 20.7. The van der Waals surface area contributed by atoms with Crippen LogP contribution in [-0.2, 0) is 32.7 Å². The summed E-state index contributed by atoms with van der Waals surface area (Å²) in [5.74, 6) is -0.142. The van der Waals surface area contributed by atoms with Gasteiger partial charge in [-0.05, 0) is 49.5 Å². The first kappa shape index (κ1) is 41.6.